The molecule has 0 bridgehead atoms. The molecule has 0 aliphatic heterocycles. The van der Waals surface area contributed by atoms with E-state index in [0.717, 1.165) is 25.7 Å². The molecule has 0 nitrogen and oxygen atoms in total. The van der Waals surface area contributed by atoms with Gasteiger partial charge in [-0.15, -0.1) is 12.3 Å². The average molecular weight is 198 g/mol. The van der Waals surface area contributed by atoms with Gasteiger partial charge in [-0.1, -0.05) is 38.5 Å². The van der Waals surface area contributed by atoms with Gasteiger partial charge in [0.25, 0.3) is 0 Å². The van der Waals surface area contributed by atoms with Crippen LogP contribution in [0.5, 0.6) is 0 Å². The first-order chi connectivity index (χ1) is 6.77. The number of hydrogen-bond donors (Lipinski definition) is 0. The quantitative estimate of drug-likeness (QED) is 0.378. The van der Waals surface area contributed by atoms with Crippen LogP contribution < -0.4 is 0 Å². The highest BCUT2D eigenvalue weighted by atomic mass is 19.1. The molecule has 0 aliphatic carbocycles. The lowest BCUT2D eigenvalue weighted by molar-refractivity contribution is 0.329. The maximum atomic E-state index is 12.4. The van der Waals surface area contributed by atoms with Crippen LogP contribution in [0.1, 0.15) is 64.7 Å². The van der Waals surface area contributed by atoms with E-state index in [-0.39, 0.29) is 0 Å². The topological polar surface area (TPSA) is 0 Å². The Labute approximate surface area is 88.3 Å². The van der Waals surface area contributed by atoms with Crippen LogP contribution in [0.2, 0.25) is 0 Å². The maximum absolute atomic E-state index is 12.4. The van der Waals surface area contributed by atoms with Gasteiger partial charge < -0.3 is 0 Å². The summed E-state index contributed by atoms with van der Waals surface area (Å²) in [7, 11) is 0. The second kappa shape index (κ2) is 10.6. The largest absolute Gasteiger partial charge is 0.248 e. The number of hydrogen-bond acceptors (Lipinski definition) is 0. The zero-order valence-corrected chi connectivity index (χ0v) is 9.40. The first kappa shape index (κ1) is 13.5. The Balaban J connectivity index is 2.89. The SMILES string of the molecule is C#CCCCCCCCCCC(C)F. The smallest absolute Gasteiger partial charge is 0.0973 e. The minimum absolute atomic E-state index is 0.620. The summed E-state index contributed by atoms with van der Waals surface area (Å²) in [5.74, 6) is 2.65. The Kier molecular flexibility index (Phi) is 10.2. The normalized spacial score (nSPS) is 12.4. The Morgan fingerprint density at radius 2 is 1.50 bits per heavy atom. The molecule has 1 unspecified atom stereocenters. The molecule has 1 heteroatoms. The lowest BCUT2D eigenvalue weighted by atomic mass is 10.1. The number of unbranched alkanes of at least 4 members (excludes halogenated alkanes) is 7. The van der Waals surface area contributed by atoms with Gasteiger partial charge in [-0.05, 0) is 19.8 Å². The molecule has 0 fully saturated rings. The summed E-state index contributed by atoms with van der Waals surface area (Å²) >= 11 is 0. The Hall–Kier alpha value is -0.510. The molecular weight excluding hydrogens is 175 g/mol. The molecule has 0 saturated heterocycles. The van der Waals surface area contributed by atoms with Crippen LogP contribution in [-0.2, 0) is 0 Å². The van der Waals surface area contributed by atoms with E-state index in [0.29, 0.717) is 0 Å². The van der Waals surface area contributed by atoms with Gasteiger partial charge in [0.1, 0.15) is 0 Å². The summed E-state index contributed by atoms with van der Waals surface area (Å²) < 4.78 is 12.4. The van der Waals surface area contributed by atoms with E-state index in [1.54, 1.807) is 6.92 Å². The molecule has 0 aromatic carbocycles. The van der Waals surface area contributed by atoms with Crippen molar-refractivity contribution in [2.75, 3.05) is 0 Å². The second-order valence-corrected chi connectivity index (χ2v) is 4.00. The molecule has 14 heavy (non-hydrogen) atoms. The van der Waals surface area contributed by atoms with Crippen LogP contribution in [0.4, 0.5) is 4.39 Å². The van der Waals surface area contributed by atoms with E-state index in [1.807, 2.05) is 0 Å². The molecule has 0 aromatic heterocycles. The van der Waals surface area contributed by atoms with Crippen molar-refractivity contribution in [3.8, 4) is 12.3 Å². The highest BCUT2D eigenvalue weighted by Gasteiger charge is 1.97. The summed E-state index contributed by atoms with van der Waals surface area (Å²) in [6, 6.07) is 0. The van der Waals surface area contributed by atoms with Crippen LogP contribution in [0, 0.1) is 12.3 Å². The molecule has 82 valence electrons. The third kappa shape index (κ3) is 11.5. The Bertz CT molecular complexity index is 144. The van der Waals surface area contributed by atoms with Gasteiger partial charge in [-0.3, -0.25) is 0 Å². The first-order valence-corrected chi connectivity index (χ1v) is 5.85. The molecular formula is C13H23F. The van der Waals surface area contributed by atoms with Gasteiger partial charge in [0.15, 0.2) is 0 Å². The van der Waals surface area contributed by atoms with Gasteiger partial charge in [0, 0.05) is 6.42 Å². The van der Waals surface area contributed by atoms with Crippen molar-refractivity contribution >= 4 is 0 Å². The average Bonchev–Trinajstić information content (AvgIpc) is 2.15. The summed E-state index contributed by atoms with van der Waals surface area (Å²) in [4.78, 5) is 0. The van der Waals surface area contributed by atoms with Gasteiger partial charge in [0.2, 0.25) is 0 Å². The molecule has 1 atom stereocenters. The van der Waals surface area contributed by atoms with Gasteiger partial charge in [-0.25, -0.2) is 4.39 Å². The standard InChI is InChI=1S/C13H23F/c1-3-4-5-6-7-8-9-10-11-12-13(2)14/h1,13H,4-12H2,2H3. The predicted molar refractivity (Wildman–Crippen MR) is 61.0 cm³/mol. The fourth-order valence-electron chi connectivity index (χ4n) is 1.54. The van der Waals surface area contributed by atoms with Gasteiger partial charge >= 0.3 is 0 Å². The fraction of sp³-hybridized carbons (Fsp3) is 0.846. The van der Waals surface area contributed by atoms with Crippen LogP contribution in [0.15, 0.2) is 0 Å². The summed E-state index contributed by atoms with van der Waals surface area (Å²) in [5.41, 5.74) is 0. The fourth-order valence-corrected chi connectivity index (χ4v) is 1.54. The molecule has 0 N–H and O–H groups in total. The van der Waals surface area contributed by atoms with Crippen molar-refractivity contribution in [2.45, 2.75) is 70.9 Å². The lowest BCUT2D eigenvalue weighted by Gasteiger charge is -2.02. The van der Waals surface area contributed by atoms with E-state index in [4.69, 9.17) is 6.42 Å². The van der Waals surface area contributed by atoms with E-state index >= 15 is 0 Å². The molecule has 0 saturated carbocycles. The number of terminal acetylenes is 1. The molecule has 0 rings (SSSR count). The monoisotopic (exact) mass is 198 g/mol. The van der Waals surface area contributed by atoms with E-state index in [1.165, 1.54) is 32.1 Å². The number of rotatable bonds is 9. The molecule has 0 spiro atoms. The minimum atomic E-state index is -0.620. The van der Waals surface area contributed by atoms with Crippen molar-refractivity contribution in [1.29, 1.82) is 0 Å². The second-order valence-electron chi connectivity index (χ2n) is 4.00. The molecule has 0 aromatic rings. The first-order valence-electron chi connectivity index (χ1n) is 5.85. The van der Waals surface area contributed by atoms with Crippen LogP contribution >= 0.6 is 0 Å². The van der Waals surface area contributed by atoms with E-state index in [2.05, 4.69) is 5.92 Å². The Morgan fingerprint density at radius 1 is 1.00 bits per heavy atom. The van der Waals surface area contributed by atoms with E-state index in [9.17, 15) is 4.39 Å². The van der Waals surface area contributed by atoms with Crippen molar-refractivity contribution in [3.05, 3.63) is 0 Å². The summed E-state index contributed by atoms with van der Waals surface area (Å²) in [5, 5.41) is 0. The minimum Gasteiger partial charge on any atom is -0.248 e. The molecule has 0 heterocycles. The predicted octanol–water partition coefficient (Wildman–Crippen LogP) is 4.49. The van der Waals surface area contributed by atoms with Crippen LogP contribution in [0.3, 0.4) is 0 Å². The van der Waals surface area contributed by atoms with Crippen LogP contribution in [0.25, 0.3) is 0 Å². The summed E-state index contributed by atoms with van der Waals surface area (Å²) in [6.07, 6.45) is 14.6. The van der Waals surface area contributed by atoms with Crippen LogP contribution in [-0.4, -0.2) is 6.17 Å². The summed E-state index contributed by atoms with van der Waals surface area (Å²) in [6.45, 7) is 1.64. The zero-order valence-electron chi connectivity index (χ0n) is 9.40. The maximum Gasteiger partial charge on any atom is 0.0973 e. The van der Waals surface area contributed by atoms with Crippen molar-refractivity contribution in [3.63, 3.8) is 0 Å². The molecule has 0 radical (unpaired) electrons. The number of alkyl halides is 1. The molecule has 0 amide bonds. The highest BCUT2D eigenvalue weighted by molar-refractivity contribution is 4.82. The zero-order chi connectivity index (χ0) is 10.6. The van der Waals surface area contributed by atoms with E-state index < -0.39 is 6.17 Å². The van der Waals surface area contributed by atoms with Gasteiger partial charge in [-0.2, -0.15) is 0 Å². The third-order valence-electron chi connectivity index (χ3n) is 2.42. The van der Waals surface area contributed by atoms with Gasteiger partial charge in [0.05, 0.1) is 6.17 Å². The van der Waals surface area contributed by atoms with Crippen molar-refractivity contribution in [1.82, 2.24) is 0 Å². The molecule has 0 aliphatic rings. The number of halogens is 1. The lowest BCUT2D eigenvalue weighted by Crippen LogP contribution is -1.91. The Morgan fingerprint density at radius 3 is 2.00 bits per heavy atom. The third-order valence-corrected chi connectivity index (χ3v) is 2.42. The van der Waals surface area contributed by atoms with Crippen molar-refractivity contribution in [2.24, 2.45) is 0 Å². The highest BCUT2D eigenvalue weighted by Crippen LogP contribution is 2.11. The van der Waals surface area contributed by atoms with Crippen molar-refractivity contribution < 1.29 is 4.39 Å².